The van der Waals surface area contributed by atoms with Crippen LogP contribution in [0.5, 0.6) is 17.2 Å². The summed E-state index contributed by atoms with van der Waals surface area (Å²) in [5.41, 5.74) is 3.28. The third-order valence-electron chi connectivity index (χ3n) is 7.33. The monoisotopic (exact) mass is 582 g/mol. The predicted molar refractivity (Wildman–Crippen MR) is 162 cm³/mol. The zero-order valence-corrected chi connectivity index (χ0v) is 24.0. The first kappa shape index (κ1) is 28.0. The average Bonchev–Trinajstić information content (AvgIpc) is 3.63. The fraction of sp³-hybridized carbons (Fsp3) is 0.258. The second-order valence-electron chi connectivity index (χ2n) is 10.3. The summed E-state index contributed by atoms with van der Waals surface area (Å²) in [5, 5.41) is 10.7. The van der Waals surface area contributed by atoms with E-state index in [1.807, 2.05) is 56.1 Å². The first-order valence-corrected chi connectivity index (χ1v) is 14.0. The zero-order chi connectivity index (χ0) is 29.9. The summed E-state index contributed by atoms with van der Waals surface area (Å²) in [6.45, 7) is 5.01. The van der Waals surface area contributed by atoms with Gasteiger partial charge >= 0.3 is 0 Å². The van der Waals surface area contributed by atoms with Crippen LogP contribution in [0.2, 0.25) is 0 Å². The van der Waals surface area contributed by atoms with Crippen LogP contribution in [0.3, 0.4) is 0 Å². The van der Waals surface area contributed by atoms with E-state index in [9.17, 15) is 9.18 Å². The van der Waals surface area contributed by atoms with Gasteiger partial charge in [0.05, 0.1) is 17.8 Å². The van der Waals surface area contributed by atoms with Gasteiger partial charge in [-0.25, -0.2) is 23.9 Å². The van der Waals surface area contributed by atoms with E-state index in [1.165, 1.54) is 18.7 Å². The molecule has 43 heavy (non-hydrogen) atoms. The highest BCUT2D eigenvalue weighted by molar-refractivity contribution is 6.05. The van der Waals surface area contributed by atoms with Crippen molar-refractivity contribution in [2.75, 3.05) is 30.8 Å². The van der Waals surface area contributed by atoms with Crippen LogP contribution in [-0.2, 0) is 4.79 Å². The Balaban J connectivity index is 1.25. The van der Waals surface area contributed by atoms with Gasteiger partial charge in [-0.05, 0) is 82.3 Å². The van der Waals surface area contributed by atoms with Crippen LogP contribution in [0.25, 0.3) is 16.6 Å². The van der Waals surface area contributed by atoms with Crippen LogP contribution in [0.15, 0.2) is 73.2 Å². The number of nitrogens with one attached hydrogen (secondary N) is 2. The first-order chi connectivity index (χ1) is 20.9. The number of ether oxygens (including phenoxy) is 2. The number of likely N-dealkylation sites (tertiary alicyclic amines) is 1. The van der Waals surface area contributed by atoms with Crippen molar-refractivity contribution in [3.63, 3.8) is 0 Å². The molecule has 0 bridgehead atoms. The molecule has 3 aromatic heterocycles. The maximum atomic E-state index is 14.9. The van der Waals surface area contributed by atoms with E-state index in [-0.39, 0.29) is 6.04 Å². The van der Waals surface area contributed by atoms with E-state index in [1.54, 1.807) is 22.8 Å². The van der Waals surface area contributed by atoms with Crippen LogP contribution in [0, 0.1) is 6.92 Å². The summed E-state index contributed by atoms with van der Waals surface area (Å²) in [4.78, 5) is 27.9. The minimum atomic E-state index is -0.832. The second-order valence-corrected chi connectivity index (χ2v) is 10.3. The molecule has 2 N–H and O–H groups in total. The third-order valence-corrected chi connectivity index (χ3v) is 7.33. The number of fused-ring (bicyclic) bond motifs is 2. The number of amides is 1. The maximum absolute atomic E-state index is 14.9. The molecule has 12 heteroatoms. The van der Waals surface area contributed by atoms with Crippen LogP contribution in [-0.4, -0.2) is 61.6 Å². The van der Waals surface area contributed by atoms with Crippen molar-refractivity contribution in [1.82, 2.24) is 29.5 Å². The van der Waals surface area contributed by atoms with Crippen molar-refractivity contribution >= 4 is 39.6 Å². The summed E-state index contributed by atoms with van der Waals surface area (Å²) in [5.74, 6) is 0.571. The molecule has 1 amide bonds. The molecule has 1 aliphatic rings. The summed E-state index contributed by atoms with van der Waals surface area (Å²) < 4.78 is 28.4. The normalized spacial score (nSPS) is 15.6. The fourth-order valence-electron chi connectivity index (χ4n) is 5.09. The summed E-state index contributed by atoms with van der Waals surface area (Å²) >= 11 is 0. The lowest BCUT2D eigenvalue weighted by molar-refractivity contribution is -0.114. The Labute approximate surface area is 247 Å². The Kier molecular flexibility index (Phi) is 7.84. The van der Waals surface area contributed by atoms with Gasteiger partial charge in [-0.1, -0.05) is 0 Å². The Bertz CT molecular complexity index is 1840. The molecule has 11 nitrogen and oxygen atoms in total. The first-order valence-electron chi connectivity index (χ1n) is 14.0. The number of aryl methyl sites for hydroxylation is 1. The van der Waals surface area contributed by atoms with Gasteiger partial charge < -0.3 is 20.1 Å². The molecule has 0 unspecified atom stereocenters. The van der Waals surface area contributed by atoms with Crippen LogP contribution < -0.4 is 20.1 Å². The Morgan fingerprint density at radius 1 is 1.12 bits per heavy atom. The Morgan fingerprint density at radius 3 is 2.79 bits per heavy atom. The number of nitrogens with zero attached hydrogens (tertiary/aromatic N) is 6. The molecule has 0 radical (unpaired) electrons. The van der Waals surface area contributed by atoms with Gasteiger partial charge in [-0.2, -0.15) is 5.10 Å². The number of anilines is 3. The molecule has 0 aliphatic carbocycles. The lowest BCUT2D eigenvalue weighted by atomic mass is 10.1. The highest BCUT2D eigenvalue weighted by Gasteiger charge is 2.22. The number of likely N-dealkylation sites (N-methyl/N-ethyl adjacent to an activating group) is 1. The SMILES string of the molecule is CCOc1cc2ncnc(Nc3ccc(Oc4ccn5ncnc5c4)c(C)c3)c2cc1NC(=O)/C(F)=C/[C@@H]1CCCN1C. The standard InChI is InChI=1S/C31H31FN8O3/c1-4-42-28-16-25-23(15-26(28)38-31(41)24(32)13-21-6-5-10-39(21)3)30(35-17-33-25)37-20-7-8-27(19(2)12-20)43-22-9-11-40-29(14-22)34-18-36-40/h7-9,11-18,21H,4-6,10H2,1-3H3,(H,38,41)(H,33,35,37)/b24-13-/t21-/m0/s1. The molecule has 0 spiro atoms. The van der Waals surface area contributed by atoms with Gasteiger partial charge in [0.25, 0.3) is 5.91 Å². The van der Waals surface area contributed by atoms with Crippen molar-refractivity contribution in [3.8, 4) is 17.2 Å². The average molecular weight is 583 g/mol. The van der Waals surface area contributed by atoms with Crippen LogP contribution in [0.4, 0.5) is 21.6 Å². The highest BCUT2D eigenvalue weighted by atomic mass is 19.1. The van der Waals surface area contributed by atoms with Gasteiger partial charge in [-0.15, -0.1) is 0 Å². The Hall–Kier alpha value is -5.10. The molecular formula is C31H31FN8O3. The summed E-state index contributed by atoms with van der Waals surface area (Å²) in [7, 11) is 1.92. The van der Waals surface area contributed by atoms with Crippen molar-refractivity contribution < 1.29 is 18.7 Å². The van der Waals surface area contributed by atoms with E-state index in [0.717, 1.165) is 30.6 Å². The number of hydrogen-bond donors (Lipinski definition) is 2. The van der Waals surface area contributed by atoms with E-state index in [4.69, 9.17) is 9.47 Å². The number of carbonyl (C=O) groups excluding carboxylic acids is 1. The fourth-order valence-corrected chi connectivity index (χ4v) is 5.09. The third kappa shape index (κ3) is 6.09. The second kappa shape index (κ2) is 12.0. The van der Waals surface area contributed by atoms with E-state index in [2.05, 4.69) is 30.7 Å². The molecule has 220 valence electrons. The van der Waals surface area contributed by atoms with Gasteiger partial charge in [0.2, 0.25) is 0 Å². The molecule has 1 aliphatic heterocycles. The topological polar surface area (TPSA) is 119 Å². The number of rotatable bonds is 9. The lowest BCUT2D eigenvalue weighted by Crippen LogP contribution is -2.24. The van der Waals surface area contributed by atoms with Crippen molar-refractivity contribution in [2.24, 2.45) is 0 Å². The zero-order valence-electron chi connectivity index (χ0n) is 24.0. The number of aromatic nitrogens is 5. The largest absolute Gasteiger partial charge is 0.492 e. The molecule has 2 aromatic carbocycles. The van der Waals surface area contributed by atoms with Crippen LogP contribution in [0.1, 0.15) is 25.3 Å². The smallest absolute Gasteiger partial charge is 0.284 e. The molecule has 6 rings (SSSR count). The van der Waals surface area contributed by atoms with Gasteiger partial charge in [-0.3, -0.25) is 9.69 Å². The number of halogens is 1. The van der Waals surface area contributed by atoms with E-state index < -0.39 is 11.7 Å². The van der Waals surface area contributed by atoms with Crippen LogP contribution >= 0.6 is 0 Å². The predicted octanol–water partition coefficient (Wildman–Crippen LogP) is 5.80. The minimum absolute atomic E-state index is 0.101. The molecule has 5 aromatic rings. The maximum Gasteiger partial charge on any atom is 0.284 e. The van der Waals surface area contributed by atoms with Gasteiger partial charge in [0, 0.05) is 35.4 Å². The quantitative estimate of drug-likeness (QED) is 0.208. The number of pyridine rings is 1. The lowest BCUT2D eigenvalue weighted by Gasteiger charge is -2.16. The van der Waals surface area contributed by atoms with E-state index >= 15 is 0 Å². The summed E-state index contributed by atoms with van der Waals surface area (Å²) in [6, 6.07) is 12.6. The van der Waals surface area contributed by atoms with Crippen molar-refractivity contribution in [2.45, 2.75) is 32.7 Å². The van der Waals surface area contributed by atoms with Crippen molar-refractivity contribution in [1.29, 1.82) is 0 Å². The molecule has 1 saturated heterocycles. The molecule has 0 saturated carbocycles. The molecular weight excluding hydrogens is 551 g/mol. The summed E-state index contributed by atoms with van der Waals surface area (Å²) in [6.07, 6.45) is 7.89. The number of carbonyl (C=O) groups is 1. The number of benzene rings is 2. The molecule has 1 atom stereocenters. The number of hydrogen-bond acceptors (Lipinski definition) is 9. The molecule has 1 fully saturated rings. The van der Waals surface area contributed by atoms with Gasteiger partial charge in [0.1, 0.15) is 35.7 Å². The highest BCUT2D eigenvalue weighted by Crippen LogP contribution is 2.35. The van der Waals surface area contributed by atoms with E-state index in [0.29, 0.717) is 51.9 Å². The molecule has 4 heterocycles. The Morgan fingerprint density at radius 2 is 2.00 bits per heavy atom. The van der Waals surface area contributed by atoms with Crippen molar-refractivity contribution in [3.05, 3.63) is 78.8 Å². The van der Waals surface area contributed by atoms with Gasteiger partial charge in [0.15, 0.2) is 11.5 Å². The minimum Gasteiger partial charge on any atom is -0.492 e.